The van der Waals surface area contributed by atoms with Crippen LogP contribution in [0.5, 0.6) is 11.5 Å². The number of carbonyl (C=O) groups excluding carboxylic acids is 2. The van der Waals surface area contributed by atoms with Crippen LogP contribution in [0.2, 0.25) is 0 Å². The summed E-state index contributed by atoms with van der Waals surface area (Å²) in [5, 5.41) is 6.63. The molecule has 7 nitrogen and oxygen atoms in total. The van der Waals surface area contributed by atoms with Crippen LogP contribution in [0.25, 0.3) is 0 Å². The smallest absolute Gasteiger partial charge is 0.240 e. The highest BCUT2D eigenvalue weighted by molar-refractivity contribution is 14.1. The van der Waals surface area contributed by atoms with Crippen molar-refractivity contribution < 1.29 is 19.1 Å². The summed E-state index contributed by atoms with van der Waals surface area (Å²) in [5.41, 5.74) is 3.84. The van der Waals surface area contributed by atoms with Crippen LogP contribution in [-0.2, 0) is 9.59 Å². The Kier molecular flexibility index (Phi) is 8.05. The van der Waals surface area contributed by atoms with Crippen LogP contribution in [0.15, 0.2) is 47.6 Å². The molecule has 0 heterocycles. The number of methoxy groups -OCH3 is 2. The number of hydrogen-bond acceptors (Lipinski definition) is 5. The van der Waals surface area contributed by atoms with Crippen LogP contribution >= 0.6 is 22.6 Å². The molecule has 27 heavy (non-hydrogen) atoms. The highest BCUT2D eigenvalue weighted by Crippen LogP contribution is 2.26. The largest absolute Gasteiger partial charge is 0.493 e. The predicted molar refractivity (Wildman–Crippen MR) is 112 cm³/mol. The predicted octanol–water partition coefficient (Wildman–Crippen LogP) is 3.18. The summed E-state index contributed by atoms with van der Waals surface area (Å²) in [6.07, 6.45) is 1.61. The Morgan fingerprint density at radius 3 is 2.33 bits per heavy atom. The quantitative estimate of drug-likeness (QED) is 0.345. The maximum absolute atomic E-state index is 11.9. The molecule has 0 atom stereocenters. The molecule has 2 amide bonds. The van der Waals surface area contributed by atoms with Gasteiger partial charge in [-0.15, -0.1) is 0 Å². The van der Waals surface area contributed by atoms with Crippen molar-refractivity contribution in [1.82, 2.24) is 5.43 Å². The van der Waals surface area contributed by atoms with Crippen molar-refractivity contribution in [3.8, 4) is 11.5 Å². The van der Waals surface area contributed by atoms with Gasteiger partial charge in [0, 0.05) is 22.1 Å². The summed E-state index contributed by atoms with van der Waals surface area (Å²) in [6.45, 7) is 0. The van der Waals surface area contributed by atoms with E-state index in [2.05, 4.69) is 38.4 Å². The van der Waals surface area contributed by atoms with Gasteiger partial charge >= 0.3 is 0 Å². The molecule has 0 fully saturated rings. The standard InChI is InChI=1S/C19H20IN3O4/c1-26-16-8-3-13(11-17(16)27-2)12-21-23-19(25)10-9-18(24)22-15-6-4-14(20)5-7-15/h3-8,11-12H,9-10H2,1-2H3,(H,22,24)(H,23,25)/b21-12-. The second-order valence-corrected chi connectivity index (χ2v) is 6.71. The van der Waals surface area contributed by atoms with Crippen molar-refractivity contribution in [3.63, 3.8) is 0 Å². The summed E-state index contributed by atoms with van der Waals surface area (Å²) < 4.78 is 11.4. The first-order valence-corrected chi connectivity index (χ1v) is 9.19. The van der Waals surface area contributed by atoms with Crippen LogP contribution in [0.4, 0.5) is 5.69 Å². The molecule has 0 unspecified atom stereocenters. The van der Waals surface area contributed by atoms with Crippen molar-refractivity contribution in [2.45, 2.75) is 12.8 Å². The Morgan fingerprint density at radius 2 is 1.67 bits per heavy atom. The SMILES string of the molecule is COc1ccc(/C=N\NC(=O)CCC(=O)Nc2ccc(I)cc2)cc1OC. The number of halogens is 1. The molecule has 0 aromatic heterocycles. The molecule has 0 aliphatic carbocycles. The summed E-state index contributed by atoms with van der Waals surface area (Å²) in [6, 6.07) is 12.7. The van der Waals surface area contributed by atoms with E-state index in [0.717, 1.165) is 9.13 Å². The number of hydrogen-bond donors (Lipinski definition) is 2. The molecule has 0 spiro atoms. The van der Waals surface area contributed by atoms with Crippen molar-refractivity contribution >= 4 is 46.3 Å². The minimum absolute atomic E-state index is 0.0411. The monoisotopic (exact) mass is 481 g/mol. The molecular formula is C19H20IN3O4. The molecule has 2 aromatic rings. The molecule has 8 heteroatoms. The molecule has 0 saturated heterocycles. The number of rotatable bonds is 8. The Balaban J connectivity index is 1.77. The van der Waals surface area contributed by atoms with Gasteiger partial charge in [-0.3, -0.25) is 9.59 Å². The van der Waals surface area contributed by atoms with E-state index in [-0.39, 0.29) is 24.7 Å². The zero-order chi connectivity index (χ0) is 19.6. The molecular weight excluding hydrogens is 461 g/mol. The fourth-order valence-electron chi connectivity index (χ4n) is 2.15. The average molecular weight is 481 g/mol. The number of amides is 2. The fraction of sp³-hybridized carbons (Fsp3) is 0.211. The maximum Gasteiger partial charge on any atom is 0.240 e. The van der Waals surface area contributed by atoms with E-state index in [1.165, 1.54) is 6.21 Å². The van der Waals surface area contributed by atoms with Gasteiger partial charge in [-0.05, 0) is 70.6 Å². The second kappa shape index (κ2) is 10.5. The first-order valence-electron chi connectivity index (χ1n) is 8.11. The summed E-state index contributed by atoms with van der Waals surface area (Å²) in [4.78, 5) is 23.7. The van der Waals surface area contributed by atoms with E-state index in [1.54, 1.807) is 32.4 Å². The van der Waals surface area contributed by atoms with E-state index < -0.39 is 0 Å². The molecule has 2 aromatic carbocycles. The van der Waals surface area contributed by atoms with Crippen molar-refractivity contribution in [2.24, 2.45) is 5.10 Å². The van der Waals surface area contributed by atoms with Crippen LogP contribution in [0.3, 0.4) is 0 Å². The normalized spacial score (nSPS) is 10.5. The highest BCUT2D eigenvalue weighted by atomic mass is 127. The Hall–Kier alpha value is -2.62. The number of anilines is 1. The van der Waals surface area contributed by atoms with E-state index in [4.69, 9.17) is 9.47 Å². The third-order valence-electron chi connectivity index (χ3n) is 3.52. The minimum atomic E-state index is -0.343. The third kappa shape index (κ3) is 6.89. The third-order valence-corrected chi connectivity index (χ3v) is 4.24. The number of nitrogens with zero attached hydrogens (tertiary/aromatic N) is 1. The number of carbonyl (C=O) groups is 2. The van der Waals surface area contributed by atoms with E-state index in [9.17, 15) is 9.59 Å². The Labute approximate surface area is 171 Å². The van der Waals surface area contributed by atoms with E-state index in [0.29, 0.717) is 17.2 Å². The molecule has 0 bridgehead atoms. The Bertz CT molecular complexity index is 822. The van der Waals surface area contributed by atoms with Crippen LogP contribution < -0.4 is 20.2 Å². The van der Waals surface area contributed by atoms with E-state index >= 15 is 0 Å². The van der Waals surface area contributed by atoms with Crippen molar-refractivity contribution in [2.75, 3.05) is 19.5 Å². The molecule has 0 aliphatic heterocycles. The molecule has 0 radical (unpaired) electrons. The number of hydrazone groups is 1. The molecule has 2 rings (SSSR count). The minimum Gasteiger partial charge on any atom is -0.493 e. The summed E-state index contributed by atoms with van der Waals surface area (Å²) >= 11 is 2.19. The zero-order valence-electron chi connectivity index (χ0n) is 15.0. The second-order valence-electron chi connectivity index (χ2n) is 5.46. The topological polar surface area (TPSA) is 89.0 Å². The van der Waals surface area contributed by atoms with Gasteiger partial charge in [0.1, 0.15) is 0 Å². The lowest BCUT2D eigenvalue weighted by Gasteiger charge is -2.07. The first-order chi connectivity index (χ1) is 13.0. The highest BCUT2D eigenvalue weighted by Gasteiger charge is 2.07. The maximum atomic E-state index is 11.9. The van der Waals surface area contributed by atoms with Crippen LogP contribution in [0.1, 0.15) is 18.4 Å². The Morgan fingerprint density at radius 1 is 1.00 bits per heavy atom. The molecule has 2 N–H and O–H groups in total. The molecule has 142 valence electrons. The van der Waals surface area contributed by atoms with Gasteiger partial charge in [-0.25, -0.2) is 5.43 Å². The van der Waals surface area contributed by atoms with Crippen LogP contribution in [0, 0.1) is 3.57 Å². The van der Waals surface area contributed by atoms with Crippen molar-refractivity contribution in [1.29, 1.82) is 0 Å². The van der Waals surface area contributed by atoms with Gasteiger partial charge in [0.2, 0.25) is 11.8 Å². The fourth-order valence-corrected chi connectivity index (χ4v) is 2.51. The lowest BCUT2D eigenvalue weighted by molar-refractivity contribution is -0.124. The summed E-state index contributed by atoms with van der Waals surface area (Å²) in [7, 11) is 3.10. The number of nitrogens with one attached hydrogen (secondary N) is 2. The molecule has 0 saturated carbocycles. The van der Waals surface area contributed by atoms with Gasteiger partial charge in [-0.1, -0.05) is 0 Å². The lowest BCUT2D eigenvalue weighted by Crippen LogP contribution is -2.20. The lowest BCUT2D eigenvalue weighted by atomic mass is 10.2. The number of benzene rings is 2. The van der Waals surface area contributed by atoms with Crippen LogP contribution in [-0.4, -0.2) is 32.2 Å². The zero-order valence-corrected chi connectivity index (χ0v) is 17.1. The average Bonchev–Trinajstić information content (AvgIpc) is 2.68. The van der Waals surface area contributed by atoms with Gasteiger partial charge in [-0.2, -0.15) is 5.10 Å². The van der Waals surface area contributed by atoms with Gasteiger partial charge in [0.15, 0.2) is 11.5 Å². The van der Waals surface area contributed by atoms with Crippen molar-refractivity contribution in [3.05, 3.63) is 51.6 Å². The summed E-state index contributed by atoms with van der Waals surface area (Å²) in [5.74, 6) is 0.609. The van der Waals surface area contributed by atoms with E-state index in [1.807, 2.05) is 24.3 Å². The van der Waals surface area contributed by atoms with Gasteiger partial charge < -0.3 is 14.8 Å². The molecule has 0 aliphatic rings. The number of ether oxygens (including phenoxy) is 2. The van der Waals surface area contributed by atoms with Gasteiger partial charge in [0.25, 0.3) is 0 Å². The van der Waals surface area contributed by atoms with Gasteiger partial charge in [0.05, 0.1) is 20.4 Å². The first kappa shape index (κ1) is 20.7.